The van der Waals surface area contributed by atoms with E-state index in [4.69, 9.17) is 0 Å². The van der Waals surface area contributed by atoms with Crippen LogP contribution >= 0.6 is 0 Å². The molecular weight excluding hydrogens is 428 g/mol. The molecule has 0 fully saturated rings. The second-order valence-electron chi connectivity index (χ2n) is 10.3. The monoisotopic (exact) mass is 470 g/mol. The van der Waals surface area contributed by atoms with E-state index in [-0.39, 0.29) is 5.91 Å². The molecular formula is C32H42N2O. The fourth-order valence-corrected chi connectivity index (χ4v) is 4.46. The summed E-state index contributed by atoms with van der Waals surface area (Å²) in [7, 11) is 0. The number of benzene rings is 3. The second-order valence-corrected chi connectivity index (χ2v) is 10.3. The summed E-state index contributed by atoms with van der Waals surface area (Å²) in [6.45, 7) is 16.6. The molecule has 0 aliphatic rings. The Hall–Kier alpha value is -3.07. The number of amides is 1. The van der Waals surface area contributed by atoms with Gasteiger partial charge < -0.3 is 10.2 Å². The molecule has 3 heteroatoms. The van der Waals surface area contributed by atoms with Crippen molar-refractivity contribution in [2.24, 2.45) is 0 Å². The molecule has 3 aromatic rings. The highest BCUT2D eigenvalue weighted by Gasteiger charge is 2.17. The van der Waals surface area contributed by atoms with Crippen LogP contribution in [0.15, 0.2) is 60.7 Å². The Labute approximate surface area is 212 Å². The molecule has 35 heavy (non-hydrogen) atoms. The average molecular weight is 471 g/mol. The number of aryl methyl sites for hydroxylation is 3. The van der Waals surface area contributed by atoms with E-state index in [1.807, 2.05) is 0 Å². The van der Waals surface area contributed by atoms with Gasteiger partial charge in [-0.25, -0.2) is 0 Å². The molecule has 0 saturated heterocycles. The van der Waals surface area contributed by atoms with Crippen LogP contribution in [0.1, 0.15) is 86.3 Å². The van der Waals surface area contributed by atoms with Crippen molar-refractivity contribution >= 4 is 17.3 Å². The van der Waals surface area contributed by atoms with Crippen molar-refractivity contribution in [1.29, 1.82) is 0 Å². The summed E-state index contributed by atoms with van der Waals surface area (Å²) in [5.41, 5.74) is 9.71. The number of carbonyl (C=O) groups is 1. The molecule has 3 rings (SSSR count). The Bertz CT molecular complexity index is 1100. The van der Waals surface area contributed by atoms with Gasteiger partial charge in [0.1, 0.15) is 0 Å². The molecule has 0 saturated carbocycles. The molecule has 0 spiro atoms. The quantitative estimate of drug-likeness (QED) is 0.324. The third-order valence-electron chi connectivity index (χ3n) is 6.91. The maximum Gasteiger partial charge on any atom is 0.226 e. The summed E-state index contributed by atoms with van der Waals surface area (Å²) in [5.74, 6) is 0.763. The van der Waals surface area contributed by atoms with Gasteiger partial charge in [0, 0.05) is 30.9 Å². The zero-order valence-electron chi connectivity index (χ0n) is 22.6. The minimum absolute atomic E-state index is 0.0650. The molecule has 0 aliphatic carbocycles. The predicted octanol–water partition coefficient (Wildman–Crippen LogP) is 8.15. The molecule has 1 amide bonds. The Morgan fingerprint density at radius 1 is 0.829 bits per heavy atom. The first kappa shape index (κ1) is 26.5. The van der Waals surface area contributed by atoms with E-state index in [1.54, 1.807) is 0 Å². The fourth-order valence-electron chi connectivity index (χ4n) is 4.46. The van der Waals surface area contributed by atoms with Gasteiger partial charge in [-0.15, -0.1) is 0 Å². The summed E-state index contributed by atoms with van der Waals surface area (Å²) in [6, 6.07) is 21.8. The molecule has 186 valence electrons. The highest BCUT2D eigenvalue weighted by Crippen LogP contribution is 2.32. The van der Waals surface area contributed by atoms with Crippen molar-refractivity contribution in [3.05, 3.63) is 94.0 Å². The average Bonchev–Trinajstić information content (AvgIpc) is 2.83. The lowest BCUT2D eigenvalue weighted by molar-refractivity contribution is -0.116. The number of carbonyl (C=O) groups excluding carboxylic acids is 1. The predicted molar refractivity (Wildman–Crippen MR) is 151 cm³/mol. The minimum Gasteiger partial charge on any atom is -0.367 e. The lowest BCUT2D eigenvalue weighted by atomic mass is 9.92. The molecule has 0 heterocycles. The number of nitrogens with zero attached hydrogens (tertiary/aromatic N) is 1. The van der Waals surface area contributed by atoms with Crippen LogP contribution in [0, 0.1) is 13.8 Å². The van der Waals surface area contributed by atoms with Crippen LogP contribution < -0.4 is 10.2 Å². The summed E-state index contributed by atoms with van der Waals surface area (Å²) < 4.78 is 0. The Balaban J connectivity index is 1.80. The number of anilines is 2. The van der Waals surface area contributed by atoms with Gasteiger partial charge in [0.05, 0.1) is 0 Å². The van der Waals surface area contributed by atoms with Crippen molar-refractivity contribution in [3.63, 3.8) is 0 Å². The SMILES string of the molecule is CCc1ccc(CN(CCC(=O)Nc2c(C(C)C)cccc2C(C)C)c2ccc(C)c(C)c2)cc1. The minimum atomic E-state index is 0.0650. The van der Waals surface area contributed by atoms with E-state index in [9.17, 15) is 4.79 Å². The smallest absolute Gasteiger partial charge is 0.226 e. The van der Waals surface area contributed by atoms with E-state index < -0.39 is 0 Å². The highest BCUT2D eigenvalue weighted by atomic mass is 16.1. The van der Waals surface area contributed by atoms with Crippen molar-refractivity contribution < 1.29 is 4.79 Å². The maximum absolute atomic E-state index is 13.2. The molecule has 0 aliphatic heterocycles. The number of hydrogen-bond acceptors (Lipinski definition) is 2. The van der Waals surface area contributed by atoms with Crippen LogP contribution in [0.5, 0.6) is 0 Å². The van der Waals surface area contributed by atoms with Gasteiger partial charge in [0.15, 0.2) is 0 Å². The number of rotatable bonds is 10. The van der Waals surface area contributed by atoms with Crippen molar-refractivity contribution in [2.75, 3.05) is 16.8 Å². The molecule has 3 nitrogen and oxygen atoms in total. The Kier molecular flexibility index (Phi) is 9.14. The first-order valence-electron chi connectivity index (χ1n) is 13.0. The molecule has 0 unspecified atom stereocenters. The Morgan fingerprint density at radius 3 is 1.97 bits per heavy atom. The normalized spacial score (nSPS) is 11.2. The largest absolute Gasteiger partial charge is 0.367 e. The zero-order chi connectivity index (χ0) is 25.5. The molecule has 3 aromatic carbocycles. The van der Waals surface area contributed by atoms with Gasteiger partial charge in [0.2, 0.25) is 5.91 Å². The van der Waals surface area contributed by atoms with E-state index in [0.29, 0.717) is 24.8 Å². The molecule has 0 bridgehead atoms. The summed E-state index contributed by atoms with van der Waals surface area (Å²) in [4.78, 5) is 15.5. The van der Waals surface area contributed by atoms with Crippen molar-refractivity contribution in [2.45, 2.75) is 79.7 Å². The van der Waals surface area contributed by atoms with Crippen LogP contribution in [0.3, 0.4) is 0 Å². The molecule has 0 radical (unpaired) electrons. The number of hydrogen-bond donors (Lipinski definition) is 1. The van der Waals surface area contributed by atoms with E-state index >= 15 is 0 Å². The van der Waals surface area contributed by atoms with Crippen molar-refractivity contribution in [3.8, 4) is 0 Å². The van der Waals surface area contributed by atoms with Crippen LogP contribution in [0.25, 0.3) is 0 Å². The summed E-state index contributed by atoms with van der Waals surface area (Å²) in [6.07, 6.45) is 1.47. The number of nitrogens with one attached hydrogen (secondary N) is 1. The summed E-state index contributed by atoms with van der Waals surface area (Å²) in [5, 5.41) is 3.28. The molecule has 0 aromatic heterocycles. The van der Waals surface area contributed by atoms with Crippen LogP contribution in [-0.4, -0.2) is 12.5 Å². The van der Waals surface area contributed by atoms with Crippen molar-refractivity contribution in [1.82, 2.24) is 0 Å². The van der Waals surface area contributed by atoms with E-state index in [2.05, 4.69) is 119 Å². The third-order valence-corrected chi connectivity index (χ3v) is 6.91. The third kappa shape index (κ3) is 6.97. The zero-order valence-corrected chi connectivity index (χ0v) is 22.6. The lowest BCUT2D eigenvalue weighted by Crippen LogP contribution is -2.28. The second kappa shape index (κ2) is 12.1. The lowest BCUT2D eigenvalue weighted by Gasteiger charge is -2.26. The van der Waals surface area contributed by atoms with Gasteiger partial charge in [0.25, 0.3) is 0 Å². The highest BCUT2D eigenvalue weighted by molar-refractivity contribution is 5.93. The Morgan fingerprint density at radius 2 is 1.43 bits per heavy atom. The van der Waals surface area contributed by atoms with Crippen LogP contribution in [-0.2, 0) is 17.8 Å². The fraction of sp³-hybridized carbons (Fsp3) is 0.406. The molecule has 0 atom stereocenters. The van der Waals surface area contributed by atoms with Gasteiger partial charge >= 0.3 is 0 Å². The van der Waals surface area contributed by atoms with Gasteiger partial charge in [-0.2, -0.15) is 0 Å². The van der Waals surface area contributed by atoms with E-state index in [0.717, 1.165) is 24.3 Å². The van der Waals surface area contributed by atoms with Gasteiger partial charge in [-0.3, -0.25) is 4.79 Å². The molecule has 1 N–H and O–H groups in total. The summed E-state index contributed by atoms with van der Waals surface area (Å²) >= 11 is 0. The van der Waals surface area contributed by atoms with Crippen LogP contribution in [0.2, 0.25) is 0 Å². The topological polar surface area (TPSA) is 32.3 Å². The maximum atomic E-state index is 13.2. The van der Waals surface area contributed by atoms with Gasteiger partial charge in [-0.05, 0) is 77.6 Å². The first-order valence-corrected chi connectivity index (χ1v) is 13.0. The first-order chi connectivity index (χ1) is 16.7. The number of para-hydroxylation sites is 1. The van der Waals surface area contributed by atoms with Gasteiger partial charge in [-0.1, -0.05) is 83.1 Å². The van der Waals surface area contributed by atoms with E-state index in [1.165, 1.54) is 33.4 Å². The standard InChI is InChI=1S/C32H42N2O/c1-8-26-13-15-27(16-14-26)21-34(28-17-12-24(6)25(7)20-28)19-18-31(35)33-32-29(22(2)3)10-9-11-30(32)23(4)5/h9-17,20,22-23H,8,18-19,21H2,1-7H3,(H,33,35). The van der Waals surface area contributed by atoms with Crippen LogP contribution in [0.4, 0.5) is 11.4 Å².